The Balaban J connectivity index is 1.36. The molecule has 2 heterocycles. The molecule has 1 aromatic carbocycles. The highest BCUT2D eigenvalue weighted by Gasteiger charge is 2.38. The summed E-state index contributed by atoms with van der Waals surface area (Å²) in [5, 5.41) is 4.00. The Morgan fingerprint density at radius 3 is 2.52 bits per heavy atom. The van der Waals surface area contributed by atoms with Crippen molar-refractivity contribution in [2.45, 2.75) is 82.8 Å². The van der Waals surface area contributed by atoms with Crippen molar-refractivity contribution in [3.63, 3.8) is 0 Å². The zero-order valence-corrected chi connectivity index (χ0v) is 19.8. The molecule has 0 bridgehead atoms. The molecule has 5 rings (SSSR count). The van der Waals surface area contributed by atoms with Crippen LogP contribution < -0.4 is 5.32 Å². The van der Waals surface area contributed by atoms with Crippen LogP contribution in [-0.2, 0) is 6.54 Å². The van der Waals surface area contributed by atoms with Crippen molar-refractivity contribution in [1.29, 1.82) is 0 Å². The van der Waals surface area contributed by atoms with E-state index in [2.05, 4.69) is 17.3 Å². The maximum atomic E-state index is 13.5. The summed E-state index contributed by atoms with van der Waals surface area (Å²) >= 11 is 0. The fourth-order valence-electron chi connectivity index (χ4n) is 6.05. The molecule has 3 aliphatic rings. The van der Waals surface area contributed by atoms with Crippen molar-refractivity contribution in [3.8, 4) is 0 Å². The molecule has 0 unspecified atom stereocenters. The van der Waals surface area contributed by atoms with E-state index in [1.807, 2.05) is 29.2 Å². The summed E-state index contributed by atoms with van der Waals surface area (Å²) in [7, 11) is 2.17. The first-order valence-corrected chi connectivity index (χ1v) is 12.8. The number of pyridine rings is 1. The van der Waals surface area contributed by atoms with E-state index < -0.39 is 0 Å². The van der Waals surface area contributed by atoms with Crippen LogP contribution in [-0.4, -0.2) is 58.8 Å². The minimum Gasteiger partial charge on any atom is -0.351 e. The highest BCUT2D eigenvalue weighted by Crippen LogP contribution is 2.34. The second-order valence-corrected chi connectivity index (χ2v) is 10.1. The summed E-state index contributed by atoms with van der Waals surface area (Å²) in [5.74, 6) is -0.0890. The average molecular weight is 449 g/mol. The Morgan fingerprint density at radius 1 is 1.06 bits per heavy atom. The average Bonchev–Trinajstić information content (AvgIpc) is 3.19. The van der Waals surface area contributed by atoms with Crippen LogP contribution in [0.4, 0.5) is 0 Å². The number of aromatic nitrogens is 1. The van der Waals surface area contributed by atoms with E-state index in [0.717, 1.165) is 35.9 Å². The highest BCUT2D eigenvalue weighted by atomic mass is 16.2. The Morgan fingerprint density at radius 2 is 1.76 bits per heavy atom. The molecule has 6 heteroatoms. The van der Waals surface area contributed by atoms with Crippen molar-refractivity contribution >= 4 is 22.7 Å². The van der Waals surface area contributed by atoms with Gasteiger partial charge in [-0.05, 0) is 38.8 Å². The van der Waals surface area contributed by atoms with Crippen LogP contribution in [0, 0.1) is 0 Å². The van der Waals surface area contributed by atoms with Gasteiger partial charge in [-0.25, -0.2) is 4.98 Å². The number of likely N-dealkylation sites (N-methyl/N-ethyl adjacent to an activating group) is 1. The first-order chi connectivity index (χ1) is 16.1. The molecule has 2 fully saturated rings. The van der Waals surface area contributed by atoms with Gasteiger partial charge in [0.05, 0.1) is 11.1 Å². The summed E-state index contributed by atoms with van der Waals surface area (Å²) in [6, 6.07) is 8.62. The number of hydrogen-bond donors (Lipinski definition) is 1. The number of carbonyl (C=O) groups excluding carboxylic acids is 2. The first-order valence-electron chi connectivity index (χ1n) is 12.8. The lowest BCUT2D eigenvalue weighted by Crippen LogP contribution is -2.39. The Kier molecular flexibility index (Phi) is 6.63. The van der Waals surface area contributed by atoms with E-state index in [0.29, 0.717) is 30.4 Å². The van der Waals surface area contributed by atoms with Gasteiger partial charge in [-0.1, -0.05) is 56.7 Å². The number of benzene rings is 1. The molecule has 1 aliphatic heterocycles. The number of carbonyl (C=O) groups is 2. The maximum Gasteiger partial charge on any atom is 0.273 e. The van der Waals surface area contributed by atoms with Crippen LogP contribution in [0.15, 0.2) is 24.3 Å². The van der Waals surface area contributed by atoms with Gasteiger partial charge < -0.3 is 15.1 Å². The van der Waals surface area contributed by atoms with Crippen LogP contribution in [0.25, 0.3) is 10.9 Å². The molecule has 2 aromatic rings. The summed E-state index contributed by atoms with van der Waals surface area (Å²) in [5.41, 5.74) is 2.65. The molecule has 0 saturated heterocycles. The van der Waals surface area contributed by atoms with Crippen LogP contribution in [0.3, 0.4) is 0 Å². The second-order valence-electron chi connectivity index (χ2n) is 10.1. The van der Waals surface area contributed by atoms with Gasteiger partial charge in [0.1, 0.15) is 5.69 Å². The smallest absolute Gasteiger partial charge is 0.273 e. The largest absolute Gasteiger partial charge is 0.351 e. The third-order valence-electron chi connectivity index (χ3n) is 7.98. The predicted molar refractivity (Wildman–Crippen MR) is 130 cm³/mol. The summed E-state index contributed by atoms with van der Waals surface area (Å²) in [4.78, 5) is 35.9. The topological polar surface area (TPSA) is 65.5 Å². The second kappa shape index (κ2) is 9.80. The van der Waals surface area contributed by atoms with E-state index in [1.165, 1.54) is 51.4 Å². The number of fused-ring (bicyclic) bond motifs is 2. The highest BCUT2D eigenvalue weighted by molar-refractivity contribution is 6.11. The molecule has 2 amide bonds. The lowest BCUT2D eigenvalue weighted by Gasteiger charge is -2.31. The van der Waals surface area contributed by atoms with Gasteiger partial charge in [-0.2, -0.15) is 0 Å². The van der Waals surface area contributed by atoms with Crippen molar-refractivity contribution in [3.05, 3.63) is 41.1 Å². The molecular formula is C27H36N4O2. The van der Waals surface area contributed by atoms with Crippen molar-refractivity contribution in [2.75, 3.05) is 20.1 Å². The van der Waals surface area contributed by atoms with Crippen molar-refractivity contribution in [2.24, 2.45) is 0 Å². The van der Waals surface area contributed by atoms with E-state index in [1.54, 1.807) is 0 Å². The lowest BCUT2D eigenvalue weighted by molar-refractivity contribution is 0.0655. The SMILES string of the molecule is CN(CCNC(=O)c1c2c(nc3ccccc13)C(=O)N(C1CCCCC1)C2)C1CCCCC1. The molecule has 176 valence electrons. The van der Waals surface area contributed by atoms with Crippen LogP contribution in [0.5, 0.6) is 0 Å². The number of amides is 2. The van der Waals surface area contributed by atoms with Gasteiger partial charge >= 0.3 is 0 Å². The van der Waals surface area contributed by atoms with E-state index in [4.69, 9.17) is 4.98 Å². The van der Waals surface area contributed by atoms with Crippen molar-refractivity contribution in [1.82, 2.24) is 20.1 Å². The van der Waals surface area contributed by atoms with Gasteiger partial charge in [0.15, 0.2) is 0 Å². The minimum atomic E-state index is -0.0832. The van der Waals surface area contributed by atoms with Gasteiger partial charge in [0, 0.05) is 42.7 Å². The van der Waals surface area contributed by atoms with Crippen LogP contribution >= 0.6 is 0 Å². The van der Waals surface area contributed by atoms with Crippen LogP contribution in [0.2, 0.25) is 0 Å². The Bertz CT molecular complexity index is 1020. The van der Waals surface area contributed by atoms with Gasteiger partial charge in [-0.3, -0.25) is 9.59 Å². The molecule has 2 aliphatic carbocycles. The number of para-hydroxylation sites is 1. The van der Waals surface area contributed by atoms with E-state index >= 15 is 0 Å². The summed E-state index contributed by atoms with van der Waals surface area (Å²) in [6.07, 6.45) is 12.2. The quantitative estimate of drug-likeness (QED) is 0.706. The van der Waals surface area contributed by atoms with Crippen molar-refractivity contribution < 1.29 is 9.59 Å². The molecule has 1 aromatic heterocycles. The monoisotopic (exact) mass is 448 g/mol. The zero-order chi connectivity index (χ0) is 22.8. The predicted octanol–water partition coefficient (Wildman–Crippen LogP) is 4.52. The normalized spacial score (nSPS) is 19.9. The third kappa shape index (κ3) is 4.50. The number of rotatable bonds is 6. The molecule has 2 saturated carbocycles. The van der Waals surface area contributed by atoms with Gasteiger partial charge in [0.25, 0.3) is 11.8 Å². The summed E-state index contributed by atoms with van der Waals surface area (Å²) < 4.78 is 0. The minimum absolute atomic E-state index is 0.00580. The Hall–Kier alpha value is -2.47. The maximum absolute atomic E-state index is 13.5. The fourth-order valence-corrected chi connectivity index (χ4v) is 6.05. The summed E-state index contributed by atoms with van der Waals surface area (Å²) in [6.45, 7) is 1.95. The van der Waals surface area contributed by atoms with E-state index in [-0.39, 0.29) is 17.9 Å². The molecule has 0 spiro atoms. The molecule has 1 N–H and O–H groups in total. The molecule has 0 atom stereocenters. The molecular weight excluding hydrogens is 412 g/mol. The van der Waals surface area contributed by atoms with E-state index in [9.17, 15) is 9.59 Å². The zero-order valence-electron chi connectivity index (χ0n) is 19.8. The Labute approximate surface area is 196 Å². The number of nitrogens with zero attached hydrogens (tertiary/aromatic N) is 3. The standard InChI is InChI=1S/C27H36N4O2/c1-30(19-10-4-2-5-11-19)17-16-28-26(32)24-21-14-8-9-15-23(21)29-25-22(24)18-31(27(25)33)20-12-6-3-7-13-20/h8-9,14-15,19-20H,2-7,10-13,16-18H2,1H3,(H,28,32). The van der Waals surface area contributed by atoms with Gasteiger partial charge in [-0.15, -0.1) is 0 Å². The third-order valence-corrected chi connectivity index (χ3v) is 7.98. The van der Waals surface area contributed by atoms with Gasteiger partial charge in [0.2, 0.25) is 0 Å². The molecule has 6 nitrogen and oxygen atoms in total. The van der Waals surface area contributed by atoms with Crippen LogP contribution in [0.1, 0.15) is 90.6 Å². The number of nitrogens with one attached hydrogen (secondary N) is 1. The lowest BCUT2D eigenvalue weighted by atomic mass is 9.94. The molecule has 33 heavy (non-hydrogen) atoms. The number of hydrogen-bond acceptors (Lipinski definition) is 4. The molecule has 0 radical (unpaired) electrons. The fraction of sp³-hybridized carbons (Fsp3) is 0.593. The first kappa shape index (κ1) is 22.3.